The molecule has 2 unspecified atom stereocenters. The molecule has 0 saturated carbocycles. The average molecular weight is 333 g/mol. The molecular formula is C14H21BrO4. The van der Waals surface area contributed by atoms with E-state index in [1.807, 2.05) is 13.8 Å². The van der Waals surface area contributed by atoms with Crippen molar-refractivity contribution < 1.29 is 19.3 Å². The fourth-order valence-corrected chi connectivity index (χ4v) is 2.68. The summed E-state index contributed by atoms with van der Waals surface area (Å²) in [5.41, 5.74) is 0.690. The van der Waals surface area contributed by atoms with E-state index >= 15 is 0 Å². The van der Waals surface area contributed by atoms with Crippen LogP contribution in [0.4, 0.5) is 0 Å². The van der Waals surface area contributed by atoms with E-state index in [1.54, 1.807) is 26.4 Å². The fraction of sp³-hybridized carbons (Fsp3) is 0.571. The van der Waals surface area contributed by atoms with E-state index in [-0.39, 0.29) is 6.10 Å². The summed E-state index contributed by atoms with van der Waals surface area (Å²) >= 11 is 3.43. The first kappa shape index (κ1) is 16.3. The molecule has 0 saturated heterocycles. The highest BCUT2D eigenvalue weighted by molar-refractivity contribution is 9.10. The Balaban J connectivity index is 3.15. The topological polar surface area (TPSA) is 47.9 Å². The van der Waals surface area contributed by atoms with Gasteiger partial charge in [0.1, 0.15) is 22.1 Å². The Bertz CT molecular complexity index is 409. The molecule has 0 radical (unpaired) electrons. The lowest BCUT2D eigenvalue weighted by atomic mass is 10.0. The lowest BCUT2D eigenvalue weighted by Gasteiger charge is -2.24. The summed E-state index contributed by atoms with van der Waals surface area (Å²) in [7, 11) is 3.15. The zero-order chi connectivity index (χ0) is 14.4. The predicted molar refractivity (Wildman–Crippen MR) is 77.9 cm³/mol. The van der Waals surface area contributed by atoms with Crippen LogP contribution < -0.4 is 9.47 Å². The molecule has 0 fully saturated rings. The van der Waals surface area contributed by atoms with E-state index in [9.17, 15) is 5.11 Å². The van der Waals surface area contributed by atoms with Gasteiger partial charge < -0.3 is 19.3 Å². The van der Waals surface area contributed by atoms with Crippen molar-refractivity contribution in [2.24, 2.45) is 0 Å². The highest BCUT2D eigenvalue weighted by atomic mass is 79.9. The van der Waals surface area contributed by atoms with E-state index in [4.69, 9.17) is 14.2 Å². The standard InChI is InChI=1S/C14H21BrO4/c1-5-10(19-6-2)13(16)9-7-8-11(17-3)12(15)14(9)18-4/h7-8,10,13,16H,5-6H2,1-4H3. The number of hydrogen-bond donors (Lipinski definition) is 1. The summed E-state index contributed by atoms with van der Waals surface area (Å²) in [6.45, 7) is 4.46. The van der Waals surface area contributed by atoms with Crippen molar-refractivity contribution in [3.8, 4) is 11.5 Å². The molecule has 1 aromatic rings. The van der Waals surface area contributed by atoms with Crippen molar-refractivity contribution in [2.75, 3.05) is 20.8 Å². The summed E-state index contributed by atoms with van der Waals surface area (Å²) in [5, 5.41) is 10.4. The Kier molecular flexibility index (Phi) is 6.62. The number of halogens is 1. The number of rotatable bonds is 7. The number of benzene rings is 1. The minimum Gasteiger partial charge on any atom is -0.495 e. The zero-order valence-electron chi connectivity index (χ0n) is 11.8. The maximum Gasteiger partial charge on any atom is 0.142 e. The van der Waals surface area contributed by atoms with Crippen LogP contribution in [0.25, 0.3) is 0 Å². The molecule has 0 aliphatic rings. The van der Waals surface area contributed by atoms with E-state index in [0.717, 1.165) is 6.42 Å². The molecule has 1 N–H and O–H groups in total. The lowest BCUT2D eigenvalue weighted by molar-refractivity contribution is -0.0364. The average Bonchev–Trinajstić information content (AvgIpc) is 2.43. The van der Waals surface area contributed by atoms with E-state index < -0.39 is 6.10 Å². The van der Waals surface area contributed by atoms with Gasteiger partial charge in [-0.3, -0.25) is 0 Å². The SMILES string of the molecule is CCOC(CC)C(O)c1ccc(OC)c(Br)c1OC. The van der Waals surface area contributed by atoms with Gasteiger partial charge in [-0.1, -0.05) is 6.92 Å². The molecule has 1 rings (SSSR count). The first-order valence-electron chi connectivity index (χ1n) is 6.30. The summed E-state index contributed by atoms with van der Waals surface area (Å²) in [5.74, 6) is 1.24. The van der Waals surface area contributed by atoms with Gasteiger partial charge in [0.25, 0.3) is 0 Å². The number of methoxy groups -OCH3 is 2. The van der Waals surface area contributed by atoms with Gasteiger partial charge in [-0.15, -0.1) is 0 Å². The van der Waals surface area contributed by atoms with Gasteiger partial charge in [0.15, 0.2) is 0 Å². The molecule has 0 aliphatic carbocycles. The third kappa shape index (κ3) is 3.61. The van der Waals surface area contributed by atoms with Gasteiger partial charge in [0.05, 0.1) is 20.3 Å². The monoisotopic (exact) mass is 332 g/mol. The molecule has 2 atom stereocenters. The highest BCUT2D eigenvalue weighted by Crippen LogP contribution is 2.41. The van der Waals surface area contributed by atoms with Crippen LogP contribution in [-0.2, 0) is 4.74 Å². The van der Waals surface area contributed by atoms with Crippen LogP contribution >= 0.6 is 15.9 Å². The minimum atomic E-state index is -0.734. The Morgan fingerprint density at radius 1 is 1.21 bits per heavy atom. The maximum atomic E-state index is 10.4. The number of ether oxygens (including phenoxy) is 3. The predicted octanol–water partition coefficient (Wildman–Crippen LogP) is 3.31. The van der Waals surface area contributed by atoms with Crippen molar-refractivity contribution in [1.29, 1.82) is 0 Å². The van der Waals surface area contributed by atoms with E-state index in [0.29, 0.717) is 28.1 Å². The Morgan fingerprint density at radius 2 is 1.89 bits per heavy atom. The van der Waals surface area contributed by atoms with Crippen molar-refractivity contribution in [3.63, 3.8) is 0 Å². The summed E-state index contributed by atoms with van der Waals surface area (Å²) in [6, 6.07) is 3.60. The van der Waals surface area contributed by atoms with Crippen LogP contribution in [0.2, 0.25) is 0 Å². The van der Waals surface area contributed by atoms with Crippen LogP contribution in [0, 0.1) is 0 Å². The third-order valence-corrected chi connectivity index (χ3v) is 3.72. The van der Waals surface area contributed by atoms with Crippen LogP contribution in [0.1, 0.15) is 31.9 Å². The highest BCUT2D eigenvalue weighted by Gasteiger charge is 2.25. The first-order valence-corrected chi connectivity index (χ1v) is 7.09. The fourth-order valence-electron chi connectivity index (χ4n) is 2.00. The molecule has 5 heteroatoms. The smallest absolute Gasteiger partial charge is 0.142 e. The number of hydrogen-bond acceptors (Lipinski definition) is 4. The van der Waals surface area contributed by atoms with Gasteiger partial charge in [-0.2, -0.15) is 0 Å². The quantitative estimate of drug-likeness (QED) is 0.832. The molecule has 0 aromatic heterocycles. The van der Waals surface area contributed by atoms with Crippen LogP contribution in [-0.4, -0.2) is 32.0 Å². The van der Waals surface area contributed by atoms with Crippen LogP contribution in [0.5, 0.6) is 11.5 Å². The van der Waals surface area contributed by atoms with Gasteiger partial charge in [-0.05, 0) is 41.4 Å². The second-order valence-electron chi connectivity index (χ2n) is 4.05. The number of aliphatic hydroxyl groups is 1. The van der Waals surface area contributed by atoms with E-state index in [2.05, 4.69) is 15.9 Å². The van der Waals surface area contributed by atoms with Crippen LogP contribution in [0.15, 0.2) is 16.6 Å². The lowest BCUT2D eigenvalue weighted by Crippen LogP contribution is -2.22. The molecule has 19 heavy (non-hydrogen) atoms. The van der Waals surface area contributed by atoms with E-state index in [1.165, 1.54) is 0 Å². The molecule has 0 amide bonds. The Hall–Kier alpha value is -0.780. The molecule has 0 bridgehead atoms. The summed E-state index contributed by atoms with van der Waals surface area (Å²) in [4.78, 5) is 0. The maximum absolute atomic E-state index is 10.4. The zero-order valence-corrected chi connectivity index (χ0v) is 13.4. The van der Waals surface area contributed by atoms with Crippen molar-refractivity contribution in [1.82, 2.24) is 0 Å². The Morgan fingerprint density at radius 3 is 2.37 bits per heavy atom. The molecule has 4 nitrogen and oxygen atoms in total. The van der Waals surface area contributed by atoms with Crippen LogP contribution in [0.3, 0.4) is 0 Å². The summed E-state index contributed by atoms with van der Waals surface area (Å²) < 4.78 is 16.8. The summed E-state index contributed by atoms with van der Waals surface area (Å²) in [6.07, 6.45) is -0.261. The van der Waals surface area contributed by atoms with Gasteiger partial charge >= 0.3 is 0 Å². The Labute approximate surface area is 122 Å². The molecule has 1 aromatic carbocycles. The third-order valence-electron chi connectivity index (χ3n) is 2.97. The second-order valence-corrected chi connectivity index (χ2v) is 4.84. The molecule has 108 valence electrons. The minimum absolute atomic E-state index is 0.251. The first-order chi connectivity index (χ1) is 9.10. The number of aliphatic hydroxyl groups excluding tert-OH is 1. The van der Waals surface area contributed by atoms with Gasteiger partial charge in [-0.25, -0.2) is 0 Å². The normalized spacial score (nSPS) is 14.0. The molecule has 0 aliphatic heterocycles. The second kappa shape index (κ2) is 7.72. The molecule has 0 heterocycles. The largest absolute Gasteiger partial charge is 0.495 e. The molecular weight excluding hydrogens is 312 g/mol. The van der Waals surface area contributed by atoms with Gasteiger partial charge in [0, 0.05) is 12.2 Å². The van der Waals surface area contributed by atoms with Crippen molar-refractivity contribution in [2.45, 2.75) is 32.5 Å². The van der Waals surface area contributed by atoms with Gasteiger partial charge in [0.2, 0.25) is 0 Å². The van der Waals surface area contributed by atoms with Crippen molar-refractivity contribution in [3.05, 3.63) is 22.2 Å². The molecule has 0 spiro atoms. The van der Waals surface area contributed by atoms with Crippen molar-refractivity contribution >= 4 is 15.9 Å².